The van der Waals surface area contributed by atoms with Crippen LogP contribution in [0.2, 0.25) is 0 Å². The van der Waals surface area contributed by atoms with Crippen LogP contribution in [0.4, 0.5) is 0 Å². The zero-order valence-electron chi connectivity index (χ0n) is 11.3. The molecule has 3 N–H and O–H groups in total. The fourth-order valence-electron chi connectivity index (χ4n) is 2.00. The van der Waals surface area contributed by atoms with Crippen molar-refractivity contribution in [1.82, 2.24) is 10.6 Å². The van der Waals surface area contributed by atoms with Crippen LogP contribution in [-0.2, 0) is 14.3 Å². The first-order valence-corrected chi connectivity index (χ1v) is 6.47. The molecule has 2 heterocycles. The highest BCUT2D eigenvalue weighted by Gasteiger charge is 2.43. The number of rotatable bonds is 6. The highest BCUT2D eigenvalue weighted by molar-refractivity contribution is 5.92. The lowest BCUT2D eigenvalue weighted by atomic mass is 9.99. The first-order valence-electron chi connectivity index (χ1n) is 6.47. The number of carboxylic acids is 1. The monoisotopic (exact) mass is 296 g/mol. The number of nitrogens with one attached hydrogen (secondary N) is 2. The van der Waals surface area contributed by atoms with Crippen molar-refractivity contribution in [1.29, 1.82) is 0 Å². The lowest BCUT2D eigenvalue weighted by Gasteiger charge is -2.23. The molecule has 1 aromatic rings. The zero-order chi connectivity index (χ0) is 15.3. The van der Waals surface area contributed by atoms with Crippen LogP contribution in [0.1, 0.15) is 23.4 Å². The molecular formula is C13H16N2O6. The molecule has 8 heteroatoms. The Morgan fingerprint density at radius 1 is 1.38 bits per heavy atom. The number of amides is 2. The maximum atomic E-state index is 11.8. The summed E-state index contributed by atoms with van der Waals surface area (Å²) in [6.07, 6.45) is 1.58. The van der Waals surface area contributed by atoms with Crippen molar-refractivity contribution in [3.63, 3.8) is 0 Å². The molecule has 0 aromatic carbocycles. The first-order chi connectivity index (χ1) is 10.0. The Morgan fingerprint density at radius 3 is 2.76 bits per heavy atom. The lowest BCUT2D eigenvalue weighted by Crippen LogP contribution is -2.55. The van der Waals surface area contributed by atoms with Gasteiger partial charge in [0.1, 0.15) is 0 Å². The molecular weight excluding hydrogens is 280 g/mol. The molecule has 0 saturated carbocycles. The molecule has 0 aliphatic carbocycles. The summed E-state index contributed by atoms with van der Waals surface area (Å²) in [7, 11) is 0. The van der Waals surface area contributed by atoms with Crippen molar-refractivity contribution in [2.45, 2.75) is 18.4 Å². The van der Waals surface area contributed by atoms with E-state index in [9.17, 15) is 19.5 Å². The van der Waals surface area contributed by atoms with Gasteiger partial charge in [-0.25, -0.2) is 4.79 Å². The molecule has 114 valence electrons. The van der Waals surface area contributed by atoms with Gasteiger partial charge in [-0.3, -0.25) is 9.59 Å². The van der Waals surface area contributed by atoms with Crippen LogP contribution >= 0.6 is 0 Å². The van der Waals surface area contributed by atoms with Gasteiger partial charge in [0, 0.05) is 26.0 Å². The van der Waals surface area contributed by atoms with Gasteiger partial charge in [0.15, 0.2) is 11.3 Å². The number of carbonyl (C=O) groups is 3. The molecule has 8 nitrogen and oxygen atoms in total. The normalized spacial score (nSPS) is 21.0. The van der Waals surface area contributed by atoms with E-state index in [0.717, 1.165) is 0 Å². The number of hydrogen-bond acceptors (Lipinski definition) is 5. The lowest BCUT2D eigenvalue weighted by molar-refractivity contribution is -0.147. The van der Waals surface area contributed by atoms with E-state index in [-0.39, 0.29) is 31.8 Å². The van der Waals surface area contributed by atoms with Gasteiger partial charge in [-0.15, -0.1) is 0 Å². The minimum absolute atomic E-state index is 0.0263. The first kappa shape index (κ1) is 15.0. The summed E-state index contributed by atoms with van der Waals surface area (Å²) in [5.41, 5.74) is -1.36. The van der Waals surface area contributed by atoms with Crippen molar-refractivity contribution in [3.05, 3.63) is 24.2 Å². The maximum Gasteiger partial charge on any atom is 0.331 e. The Bertz CT molecular complexity index is 519. The predicted octanol–water partition coefficient (Wildman–Crippen LogP) is -0.241. The van der Waals surface area contributed by atoms with Crippen molar-refractivity contribution >= 4 is 17.8 Å². The quantitative estimate of drug-likeness (QED) is 0.667. The van der Waals surface area contributed by atoms with E-state index < -0.39 is 23.3 Å². The van der Waals surface area contributed by atoms with E-state index in [4.69, 9.17) is 9.15 Å². The third kappa shape index (κ3) is 3.60. The molecule has 1 atom stereocenters. The van der Waals surface area contributed by atoms with E-state index in [1.54, 1.807) is 6.07 Å². The van der Waals surface area contributed by atoms with Gasteiger partial charge in [0.25, 0.3) is 5.91 Å². The van der Waals surface area contributed by atoms with Gasteiger partial charge >= 0.3 is 5.97 Å². The van der Waals surface area contributed by atoms with Gasteiger partial charge in [-0.05, 0) is 12.1 Å². The van der Waals surface area contributed by atoms with Gasteiger partial charge in [-0.2, -0.15) is 0 Å². The highest BCUT2D eigenvalue weighted by Crippen LogP contribution is 2.19. The van der Waals surface area contributed by atoms with Gasteiger partial charge in [0.05, 0.1) is 12.9 Å². The summed E-state index contributed by atoms with van der Waals surface area (Å²) in [6, 6.07) is 3.09. The Balaban J connectivity index is 1.77. The smallest absolute Gasteiger partial charge is 0.331 e. The van der Waals surface area contributed by atoms with Crippen molar-refractivity contribution in [3.8, 4) is 0 Å². The molecule has 0 spiro atoms. The molecule has 21 heavy (non-hydrogen) atoms. The second-order valence-corrected chi connectivity index (χ2v) is 4.72. The van der Waals surface area contributed by atoms with Crippen LogP contribution in [0.5, 0.6) is 0 Å². The third-order valence-corrected chi connectivity index (χ3v) is 3.19. The Kier molecular flexibility index (Phi) is 4.59. The van der Waals surface area contributed by atoms with Crippen LogP contribution < -0.4 is 10.6 Å². The van der Waals surface area contributed by atoms with Crippen molar-refractivity contribution in [2.75, 3.05) is 19.8 Å². The van der Waals surface area contributed by atoms with E-state index in [1.807, 2.05) is 0 Å². The van der Waals surface area contributed by atoms with Crippen LogP contribution in [0, 0.1) is 0 Å². The Hall–Kier alpha value is -2.35. The number of carboxylic acid groups (broad SMARTS) is 1. The molecule has 1 aromatic heterocycles. The molecule has 1 aliphatic heterocycles. The molecule has 1 unspecified atom stereocenters. The molecule has 1 aliphatic rings. The average molecular weight is 296 g/mol. The SMILES string of the molecule is O=C(CCNC(=O)c1ccco1)NC1(C(=O)O)CCOC1. The van der Waals surface area contributed by atoms with E-state index in [0.29, 0.717) is 6.61 Å². The van der Waals surface area contributed by atoms with Gasteiger partial charge < -0.3 is 24.9 Å². The molecule has 1 fully saturated rings. The average Bonchev–Trinajstić information content (AvgIpc) is 3.10. The summed E-state index contributed by atoms with van der Waals surface area (Å²) in [5.74, 6) is -1.85. The fourth-order valence-corrected chi connectivity index (χ4v) is 2.00. The topological polar surface area (TPSA) is 118 Å². The second kappa shape index (κ2) is 6.40. The molecule has 2 amide bonds. The molecule has 0 radical (unpaired) electrons. The number of hydrogen-bond donors (Lipinski definition) is 3. The number of carbonyl (C=O) groups excluding carboxylic acids is 2. The summed E-state index contributed by atoms with van der Waals surface area (Å²) >= 11 is 0. The van der Waals surface area contributed by atoms with Crippen LogP contribution in [0.25, 0.3) is 0 Å². The number of furan rings is 1. The van der Waals surface area contributed by atoms with E-state index >= 15 is 0 Å². The standard InChI is InChI=1S/C13H16N2O6/c16-10(15-13(12(18)19)4-7-20-8-13)3-5-14-11(17)9-2-1-6-21-9/h1-2,6H,3-5,7-8H2,(H,14,17)(H,15,16)(H,18,19). The number of aliphatic carboxylic acids is 1. The minimum atomic E-state index is -1.36. The fraction of sp³-hybridized carbons (Fsp3) is 0.462. The molecule has 2 rings (SSSR count). The molecule has 0 bridgehead atoms. The molecule has 1 saturated heterocycles. The van der Waals surface area contributed by atoms with E-state index in [2.05, 4.69) is 10.6 Å². The Morgan fingerprint density at radius 2 is 2.19 bits per heavy atom. The summed E-state index contributed by atoms with van der Waals surface area (Å²) in [5, 5.41) is 14.1. The zero-order valence-corrected chi connectivity index (χ0v) is 11.3. The number of ether oxygens (including phenoxy) is 1. The van der Waals surface area contributed by atoms with Gasteiger partial charge in [0.2, 0.25) is 5.91 Å². The highest BCUT2D eigenvalue weighted by atomic mass is 16.5. The third-order valence-electron chi connectivity index (χ3n) is 3.19. The Labute approximate surface area is 120 Å². The summed E-state index contributed by atoms with van der Waals surface area (Å²) in [6.45, 7) is 0.330. The largest absolute Gasteiger partial charge is 0.479 e. The minimum Gasteiger partial charge on any atom is -0.479 e. The van der Waals surface area contributed by atoms with Crippen molar-refractivity contribution < 1.29 is 28.6 Å². The van der Waals surface area contributed by atoms with Crippen LogP contribution in [-0.4, -0.2) is 48.2 Å². The van der Waals surface area contributed by atoms with E-state index in [1.165, 1.54) is 12.3 Å². The van der Waals surface area contributed by atoms with Gasteiger partial charge in [-0.1, -0.05) is 0 Å². The van der Waals surface area contributed by atoms with Crippen molar-refractivity contribution in [2.24, 2.45) is 0 Å². The van der Waals surface area contributed by atoms with Crippen LogP contribution in [0.15, 0.2) is 22.8 Å². The summed E-state index contributed by atoms with van der Waals surface area (Å²) < 4.78 is 9.94. The summed E-state index contributed by atoms with van der Waals surface area (Å²) in [4.78, 5) is 34.5. The predicted molar refractivity (Wildman–Crippen MR) is 69.6 cm³/mol. The maximum absolute atomic E-state index is 11.8. The second-order valence-electron chi connectivity index (χ2n) is 4.72. The van der Waals surface area contributed by atoms with Crippen LogP contribution in [0.3, 0.4) is 0 Å².